The van der Waals surface area contributed by atoms with E-state index in [1.165, 1.54) is 23.1 Å². The van der Waals surface area contributed by atoms with Gasteiger partial charge in [-0.1, -0.05) is 78.0 Å². The van der Waals surface area contributed by atoms with Crippen molar-refractivity contribution in [2.24, 2.45) is 0 Å². The number of fused-ring (bicyclic) bond motifs is 1. The highest BCUT2D eigenvalue weighted by atomic mass is 35.5. The van der Waals surface area contributed by atoms with E-state index in [0.717, 1.165) is 26.4 Å². The summed E-state index contributed by atoms with van der Waals surface area (Å²) in [6, 6.07) is 21.2. The van der Waals surface area contributed by atoms with E-state index in [0.29, 0.717) is 17.3 Å². The topological polar surface area (TPSA) is 71.1 Å². The molecule has 0 aliphatic carbocycles. The Kier molecular flexibility index (Phi) is 7.42. The van der Waals surface area contributed by atoms with Crippen molar-refractivity contribution >= 4 is 63.0 Å². The summed E-state index contributed by atoms with van der Waals surface area (Å²) in [5.41, 5.74) is 2.35. The number of hydrogen-bond donors (Lipinski definition) is 2. The van der Waals surface area contributed by atoms with E-state index < -0.39 is 0 Å². The zero-order chi connectivity index (χ0) is 22.3. The molecule has 0 bridgehead atoms. The van der Waals surface area contributed by atoms with Crippen LogP contribution in [0.25, 0.3) is 10.8 Å². The van der Waals surface area contributed by atoms with Gasteiger partial charge in [-0.05, 0) is 23.1 Å². The third-order valence-electron chi connectivity index (χ3n) is 4.70. The number of thiazole rings is 1. The van der Waals surface area contributed by atoms with Crippen molar-refractivity contribution in [3.63, 3.8) is 0 Å². The molecule has 0 saturated carbocycles. The smallest absolute Gasteiger partial charge is 0.234 e. The first-order chi connectivity index (χ1) is 15.6. The molecule has 0 aliphatic heterocycles. The summed E-state index contributed by atoms with van der Waals surface area (Å²) < 4.78 is 0.756. The van der Waals surface area contributed by atoms with E-state index in [4.69, 9.17) is 11.6 Å². The summed E-state index contributed by atoms with van der Waals surface area (Å²) in [7, 11) is 0. The van der Waals surface area contributed by atoms with Crippen LogP contribution in [0, 0.1) is 0 Å². The van der Waals surface area contributed by atoms with Gasteiger partial charge in [-0.25, -0.2) is 4.98 Å². The molecule has 5 nitrogen and oxygen atoms in total. The highest BCUT2D eigenvalue weighted by Gasteiger charge is 2.11. The largest absolute Gasteiger partial charge is 0.352 e. The first-order valence-corrected chi connectivity index (χ1v) is 12.2. The number of hydrogen-bond acceptors (Lipinski definition) is 5. The Bertz CT molecular complexity index is 1250. The third kappa shape index (κ3) is 5.88. The molecular weight excluding hydrogens is 462 g/mol. The van der Waals surface area contributed by atoms with Gasteiger partial charge in [-0.3, -0.25) is 9.59 Å². The lowest BCUT2D eigenvalue weighted by Gasteiger charge is -2.08. The number of anilines is 1. The van der Waals surface area contributed by atoms with Crippen molar-refractivity contribution in [1.29, 1.82) is 0 Å². The number of benzene rings is 3. The average molecular weight is 482 g/mol. The number of amides is 2. The van der Waals surface area contributed by atoms with Crippen LogP contribution in [0.1, 0.15) is 11.3 Å². The second-order valence-electron chi connectivity index (χ2n) is 7.01. The molecule has 162 valence electrons. The van der Waals surface area contributed by atoms with E-state index >= 15 is 0 Å². The fourth-order valence-corrected chi connectivity index (χ4v) is 4.99. The lowest BCUT2D eigenvalue weighted by molar-refractivity contribution is -0.120. The van der Waals surface area contributed by atoms with Gasteiger partial charge < -0.3 is 10.6 Å². The van der Waals surface area contributed by atoms with Gasteiger partial charge in [0, 0.05) is 28.0 Å². The highest BCUT2D eigenvalue weighted by Crippen LogP contribution is 2.25. The molecule has 2 N–H and O–H groups in total. The number of rotatable bonds is 8. The van der Waals surface area contributed by atoms with Crippen LogP contribution >= 0.6 is 34.7 Å². The maximum absolute atomic E-state index is 12.4. The maximum atomic E-state index is 12.4. The number of carbonyl (C=O) groups is 2. The molecule has 0 aliphatic rings. The van der Waals surface area contributed by atoms with E-state index in [1.54, 1.807) is 6.07 Å². The molecule has 0 atom stereocenters. The predicted molar refractivity (Wildman–Crippen MR) is 132 cm³/mol. The lowest BCUT2D eigenvalue weighted by atomic mass is 10.1. The minimum Gasteiger partial charge on any atom is -0.352 e. The molecule has 1 aromatic heterocycles. The SMILES string of the molecule is O=C(Cc1csc(SCC(=O)Nc2cccc3ccccc23)n1)NCc1ccccc1Cl. The van der Waals surface area contributed by atoms with Crippen LogP contribution in [0.2, 0.25) is 5.02 Å². The van der Waals surface area contributed by atoms with Gasteiger partial charge in [0.05, 0.1) is 17.9 Å². The summed E-state index contributed by atoms with van der Waals surface area (Å²) in [4.78, 5) is 29.1. The normalized spacial score (nSPS) is 10.8. The van der Waals surface area contributed by atoms with Crippen LogP contribution in [0.5, 0.6) is 0 Å². The summed E-state index contributed by atoms with van der Waals surface area (Å²) in [5, 5.41) is 10.4. The molecule has 32 heavy (non-hydrogen) atoms. The van der Waals surface area contributed by atoms with Crippen molar-refractivity contribution < 1.29 is 9.59 Å². The Balaban J connectivity index is 1.26. The molecule has 3 aromatic carbocycles. The van der Waals surface area contributed by atoms with Crippen LogP contribution < -0.4 is 10.6 Å². The van der Waals surface area contributed by atoms with Crippen molar-refractivity contribution in [1.82, 2.24) is 10.3 Å². The minimum absolute atomic E-state index is 0.0967. The van der Waals surface area contributed by atoms with Gasteiger partial charge in [0.1, 0.15) is 0 Å². The van der Waals surface area contributed by atoms with Gasteiger partial charge >= 0.3 is 0 Å². The van der Waals surface area contributed by atoms with Crippen molar-refractivity contribution in [2.75, 3.05) is 11.1 Å². The molecule has 0 radical (unpaired) electrons. The molecule has 0 fully saturated rings. The third-order valence-corrected chi connectivity index (χ3v) is 7.14. The number of nitrogens with one attached hydrogen (secondary N) is 2. The van der Waals surface area contributed by atoms with Crippen molar-refractivity contribution in [3.8, 4) is 0 Å². The Labute approximate surface area is 199 Å². The molecule has 8 heteroatoms. The molecule has 4 rings (SSSR count). The van der Waals surface area contributed by atoms with Crippen LogP contribution in [0.4, 0.5) is 5.69 Å². The first-order valence-electron chi connectivity index (χ1n) is 9.93. The molecule has 0 unspecified atom stereocenters. The van der Waals surface area contributed by atoms with Crippen LogP contribution in [-0.2, 0) is 22.6 Å². The number of halogens is 1. The van der Waals surface area contributed by atoms with Crippen molar-refractivity contribution in [3.05, 3.63) is 88.4 Å². The number of aromatic nitrogens is 1. The summed E-state index contributed by atoms with van der Waals surface area (Å²) in [6.07, 6.45) is 0.184. The fraction of sp³-hybridized carbons (Fsp3) is 0.125. The molecule has 4 aromatic rings. The average Bonchev–Trinajstić information content (AvgIpc) is 3.24. The number of thioether (sulfide) groups is 1. The summed E-state index contributed by atoms with van der Waals surface area (Å²) in [5.74, 6) is 0.0237. The molecule has 1 heterocycles. The highest BCUT2D eigenvalue weighted by molar-refractivity contribution is 8.01. The maximum Gasteiger partial charge on any atom is 0.234 e. The van der Waals surface area contributed by atoms with E-state index in [9.17, 15) is 9.59 Å². The Morgan fingerprint density at radius 2 is 1.75 bits per heavy atom. The quantitative estimate of drug-likeness (QED) is 0.324. The molecular formula is C24H20ClN3O2S2. The molecule has 2 amide bonds. The molecule has 0 spiro atoms. The second-order valence-corrected chi connectivity index (χ2v) is 9.50. The molecule has 0 saturated heterocycles. The summed E-state index contributed by atoms with van der Waals surface area (Å²) >= 11 is 8.90. The standard InChI is InChI=1S/C24H20ClN3O2S2/c25-20-10-4-2-7-17(20)13-26-22(29)12-18-14-31-24(27-18)32-15-23(30)28-21-11-5-8-16-6-1-3-9-19(16)21/h1-11,14H,12-13,15H2,(H,26,29)(H,28,30). The predicted octanol–water partition coefficient (Wildman–Crippen LogP) is 5.54. The summed E-state index contributed by atoms with van der Waals surface area (Å²) in [6.45, 7) is 0.374. The van der Waals surface area contributed by atoms with E-state index in [1.807, 2.05) is 66.0 Å². The second kappa shape index (κ2) is 10.6. The van der Waals surface area contributed by atoms with E-state index in [2.05, 4.69) is 15.6 Å². The van der Waals surface area contributed by atoms with Crippen molar-refractivity contribution in [2.45, 2.75) is 17.3 Å². The van der Waals surface area contributed by atoms with Crippen LogP contribution in [0.3, 0.4) is 0 Å². The Morgan fingerprint density at radius 1 is 0.969 bits per heavy atom. The van der Waals surface area contributed by atoms with Crippen LogP contribution in [-0.4, -0.2) is 22.6 Å². The monoisotopic (exact) mass is 481 g/mol. The van der Waals surface area contributed by atoms with Gasteiger partial charge in [-0.15, -0.1) is 11.3 Å². The number of carbonyl (C=O) groups excluding carboxylic acids is 2. The Hall–Kier alpha value is -2.87. The van der Waals surface area contributed by atoms with Gasteiger partial charge in [0.25, 0.3) is 0 Å². The zero-order valence-electron chi connectivity index (χ0n) is 17.0. The zero-order valence-corrected chi connectivity index (χ0v) is 19.4. The first kappa shape index (κ1) is 22.3. The fourth-order valence-electron chi connectivity index (χ4n) is 3.15. The lowest BCUT2D eigenvalue weighted by Crippen LogP contribution is -2.24. The minimum atomic E-state index is -0.125. The van der Waals surface area contributed by atoms with Gasteiger partial charge in [-0.2, -0.15) is 0 Å². The van der Waals surface area contributed by atoms with Crippen LogP contribution in [0.15, 0.2) is 76.4 Å². The van der Waals surface area contributed by atoms with Gasteiger partial charge in [0.2, 0.25) is 11.8 Å². The van der Waals surface area contributed by atoms with Gasteiger partial charge in [0.15, 0.2) is 4.34 Å². The number of nitrogens with zero attached hydrogens (tertiary/aromatic N) is 1. The Morgan fingerprint density at radius 3 is 2.62 bits per heavy atom. The van der Waals surface area contributed by atoms with E-state index in [-0.39, 0.29) is 24.0 Å².